The van der Waals surface area contributed by atoms with Crippen LogP contribution in [0.25, 0.3) is 0 Å². The lowest BCUT2D eigenvalue weighted by molar-refractivity contribution is -0.0249. The molecular weight excluding hydrogens is 314 g/mol. The Morgan fingerprint density at radius 3 is 2.84 bits per heavy atom. The van der Waals surface area contributed by atoms with Gasteiger partial charge in [0.05, 0.1) is 25.3 Å². The third kappa shape index (κ3) is 4.33. The minimum Gasteiger partial charge on any atom is -0.388 e. The fraction of sp³-hybridized carbons (Fsp3) is 0.650. The first-order valence-corrected chi connectivity index (χ1v) is 9.45. The van der Waals surface area contributed by atoms with Crippen molar-refractivity contribution in [3.63, 3.8) is 0 Å². The second kappa shape index (κ2) is 7.75. The van der Waals surface area contributed by atoms with Crippen LogP contribution in [0, 0.1) is 13.8 Å². The van der Waals surface area contributed by atoms with Gasteiger partial charge in [-0.2, -0.15) is 0 Å². The number of nitrogens with zero attached hydrogens (tertiary/aromatic N) is 2. The standard InChI is InChI=1S/C20H31N3O2/c1-4-21-19(22-14-20(24)8-5-9-20)23-10-11-25-18(13-23)17-7-6-15(2)12-16(17)3/h6-7,12,18,24H,4-5,8-11,13-14H2,1-3H3,(H,21,22). The zero-order valence-electron chi connectivity index (χ0n) is 15.7. The number of morpholine rings is 1. The van der Waals surface area contributed by atoms with E-state index in [1.807, 2.05) is 0 Å². The van der Waals surface area contributed by atoms with Crippen molar-refractivity contribution in [2.45, 2.75) is 51.7 Å². The number of ether oxygens (including phenoxy) is 1. The summed E-state index contributed by atoms with van der Waals surface area (Å²) >= 11 is 0. The third-order valence-electron chi connectivity index (χ3n) is 5.28. The topological polar surface area (TPSA) is 57.1 Å². The normalized spacial score (nSPS) is 23.3. The molecule has 1 atom stereocenters. The van der Waals surface area contributed by atoms with E-state index in [1.165, 1.54) is 16.7 Å². The van der Waals surface area contributed by atoms with Crippen molar-refractivity contribution in [2.24, 2.45) is 4.99 Å². The molecule has 138 valence electrons. The molecule has 25 heavy (non-hydrogen) atoms. The molecule has 0 radical (unpaired) electrons. The highest BCUT2D eigenvalue weighted by Gasteiger charge is 2.34. The Balaban J connectivity index is 1.72. The van der Waals surface area contributed by atoms with Gasteiger partial charge in [0.25, 0.3) is 0 Å². The van der Waals surface area contributed by atoms with Gasteiger partial charge < -0.3 is 20.1 Å². The average Bonchev–Trinajstić information content (AvgIpc) is 2.57. The van der Waals surface area contributed by atoms with Crippen LogP contribution in [0.3, 0.4) is 0 Å². The van der Waals surface area contributed by atoms with Crippen molar-refractivity contribution in [1.82, 2.24) is 10.2 Å². The maximum absolute atomic E-state index is 10.3. The highest BCUT2D eigenvalue weighted by molar-refractivity contribution is 5.80. The molecule has 1 aliphatic carbocycles. The van der Waals surface area contributed by atoms with Gasteiger partial charge in [-0.1, -0.05) is 23.8 Å². The molecule has 5 nitrogen and oxygen atoms in total. The van der Waals surface area contributed by atoms with Crippen LogP contribution in [0.15, 0.2) is 23.2 Å². The van der Waals surface area contributed by atoms with Gasteiger partial charge in [-0.15, -0.1) is 0 Å². The largest absolute Gasteiger partial charge is 0.388 e. The minimum absolute atomic E-state index is 0.0602. The van der Waals surface area contributed by atoms with Crippen LogP contribution in [0.4, 0.5) is 0 Å². The summed E-state index contributed by atoms with van der Waals surface area (Å²) in [6.45, 7) is 9.95. The maximum atomic E-state index is 10.3. The average molecular weight is 345 g/mol. The SMILES string of the molecule is CCNC(=NCC1(O)CCC1)N1CCOC(c2ccc(C)cc2C)C1. The molecule has 1 saturated heterocycles. The summed E-state index contributed by atoms with van der Waals surface area (Å²) < 4.78 is 6.05. The van der Waals surface area contributed by atoms with Crippen LogP contribution in [0.1, 0.15) is 49.0 Å². The molecule has 0 bridgehead atoms. The lowest BCUT2D eigenvalue weighted by atomic mass is 9.80. The van der Waals surface area contributed by atoms with Gasteiger partial charge in [0.1, 0.15) is 6.10 Å². The number of hydrogen-bond donors (Lipinski definition) is 2. The highest BCUT2D eigenvalue weighted by atomic mass is 16.5. The summed E-state index contributed by atoms with van der Waals surface area (Å²) in [5.41, 5.74) is 3.22. The quantitative estimate of drug-likeness (QED) is 0.650. The van der Waals surface area contributed by atoms with E-state index in [2.05, 4.69) is 49.2 Å². The smallest absolute Gasteiger partial charge is 0.194 e. The Morgan fingerprint density at radius 2 is 2.20 bits per heavy atom. The van der Waals surface area contributed by atoms with E-state index >= 15 is 0 Å². The van der Waals surface area contributed by atoms with Gasteiger partial charge >= 0.3 is 0 Å². The summed E-state index contributed by atoms with van der Waals surface area (Å²) in [5, 5.41) is 13.7. The van der Waals surface area contributed by atoms with E-state index in [-0.39, 0.29) is 6.10 Å². The molecule has 1 saturated carbocycles. The monoisotopic (exact) mass is 345 g/mol. The van der Waals surface area contributed by atoms with E-state index in [1.54, 1.807) is 0 Å². The Morgan fingerprint density at radius 1 is 1.40 bits per heavy atom. The number of aliphatic hydroxyl groups is 1. The van der Waals surface area contributed by atoms with Gasteiger partial charge in [-0.05, 0) is 51.2 Å². The Kier molecular flexibility index (Phi) is 5.64. The van der Waals surface area contributed by atoms with Crippen LogP contribution >= 0.6 is 0 Å². The molecule has 1 aliphatic heterocycles. The number of aryl methyl sites for hydroxylation is 2. The molecule has 2 N–H and O–H groups in total. The number of guanidine groups is 1. The van der Waals surface area contributed by atoms with E-state index in [4.69, 9.17) is 9.73 Å². The fourth-order valence-electron chi connectivity index (χ4n) is 3.61. The van der Waals surface area contributed by atoms with Crippen molar-refractivity contribution in [3.8, 4) is 0 Å². The molecule has 0 amide bonds. The summed E-state index contributed by atoms with van der Waals surface area (Å²) in [6, 6.07) is 6.54. The molecule has 3 rings (SSSR count). The lowest BCUT2D eigenvalue weighted by Crippen LogP contribution is -2.49. The van der Waals surface area contributed by atoms with E-state index in [0.717, 1.165) is 44.9 Å². The van der Waals surface area contributed by atoms with Crippen LogP contribution in [0.2, 0.25) is 0 Å². The lowest BCUT2D eigenvalue weighted by Gasteiger charge is -2.38. The Bertz CT molecular complexity index is 625. The van der Waals surface area contributed by atoms with Crippen LogP contribution in [-0.4, -0.2) is 54.4 Å². The number of hydrogen-bond acceptors (Lipinski definition) is 3. The number of benzene rings is 1. The fourth-order valence-corrected chi connectivity index (χ4v) is 3.61. The molecule has 1 unspecified atom stereocenters. The zero-order valence-corrected chi connectivity index (χ0v) is 15.7. The minimum atomic E-state index is -0.583. The number of nitrogens with one attached hydrogen (secondary N) is 1. The predicted octanol–water partition coefficient (Wildman–Crippen LogP) is 2.56. The van der Waals surface area contributed by atoms with Gasteiger partial charge in [-0.3, -0.25) is 4.99 Å². The molecule has 2 fully saturated rings. The van der Waals surface area contributed by atoms with Crippen molar-refractivity contribution < 1.29 is 9.84 Å². The van der Waals surface area contributed by atoms with Crippen LogP contribution in [-0.2, 0) is 4.74 Å². The maximum Gasteiger partial charge on any atom is 0.194 e. The molecular formula is C20H31N3O2. The Hall–Kier alpha value is -1.59. The molecule has 0 aromatic heterocycles. The first-order chi connectivity index (χ1) is 12.0. The molecule has 5 heteroatoms. The molecule has 1 aromatic carbocycles. The zero-order chi connectivity index (χ0) is 17.9. The first kappa shape index (κ1) is 18.2. The first-order valence-electron chi connectivity index (χ1n) is 9.45. The summed E-state index contributed by atoms with van der Waals surface area (Å²) in [6.07, 6.45) is 2.90. The van der Waals surface area contributed by atoms with Crippen molar-refractivity contribution in [1.29, 1.82) is 0 Å². The third-order valence-corrected chi connectivity index (χ3v) is 5.28. The van der Waals surface area contributed by atoms with E-state index < -0.39 is 5.60 Å². The predicted molar refractivity (Wildman–Crippen MR) is 101 cm³/mol. The highest BCUT2D eigenvalue weighted by Crippen LogP contribution is 2.32. The van der Waals surface area contributed by atoms with Gasteiger partial charge in [-0.25, -0.2) is 0 Å². The molecule has 0 spiro atoms. The number of aliphatic imine (C=N–C) groups is 1. The van der Waals surface area contributed by atoms with E-state index in [0.29, 0.717) is 13.2 Å². The Labute approximate surface area is 151 Å². The van der Waals surface area contributed by atoms with Crippen molar-refractivity contribution in [2.75, 3.05) is 32.8 Å². The summed E-state index contributed by atoms with van der Waals surface area (Å²) in [4.78, 5) is 6.98. The van der Waals surface area contributed by atoms with Gasteiger partial charge in [0, 0.05) is 13.1 Å². The van der Waals surface area contributed by atoms with Crippen LogP contribution < -0.4 is 5.32 Å². The second-order valence-electron chi connectivity index (χ2n) is 7.41. The van der Waals surface area contributed by atoms with Crippen molar-refractivity contribution >= 4 is 5.96 Å². The van der Waals surface area contributed by atoms with Crippen molar-refractivity contribution in [3.05, 3.63) is 34.9 Å². The molecule has 1 aromatic rings. The van der Waals surface area contributed by atoms with Gasteiger partial charge in [0.15, 0.2) is 5.96 Å². The van der Waals surface area contributed by atoms with Gasteiger partial charge in [0.2, 0.25) is 0 Å². The van der Waals surface area contributed by atoms with E-state index in [9.17, 15) is 5.11 Å². The molecule has 2 aliphatic rings. The molecule has 1 heterocycles. The van der Waals surface area contributed by atoms with Crippen LogP contribution in [0.5, 0.6) is 0 Å². The number of rotatable bonds is 4. The summed E-state index contributed by atoms with van der Waals surface area (Å²) in [5.74, 6) is 0.890. The second-order valence-corrected chi connectivity index (χ2v) is 7.41. The summed E-state index contributed by atoms with van der Waals surface area (Å²) in [7, 11) is 0.